The van der Waals surface area contributed by atoms with Gasteiger partial charge in [0.2, 0.25) is 0 Å². The lowest BCUT2D eigenvalue weighted by Crippen LogP contribution is -2.27. The van der Waals surface area contributed by atoms with E-state index in [0.717, 1.165) is 42.8 Å². The minimum atomic E-state index is -0.547. The van der Waals surface area contributed by atoms with Crippen molar-refractivity contribution < 1.29 is 9.18 Å². The Labute approximate surface area is 269 Å². The van der Waals surface area contributed by atoms with E-state index < -0.39 is 5.82 Å². The molecule has 1 atom stereocenters. The van der Waals surface area contributed by atoms with Crippen molar-refractivity contribution in [1.82, 2.24) is 29.9 Å². The molecule has 4 heterocycles. The summed E-state index contributed by atoms with van der Waals surface area (Å²) in [6.07, 6.45) is 9.15. The first-order chi connectivity index (χ1) is 21.7. The van der Waals surface area contributed by atoms with E-state index in [0.29, 0.717) is 39.3 Å². The third kappa shape index (κ3) is 6.32. The molecule has 12 heteroatoms. The normalized spacial score (nSPS) is 13.8. The van der Waals surface area contributed by atoms with Crippen molar-refractivity contribution in [1.29, 1.82) is 5.26 Å². The van der Waals surface area contributed by atoms with Crippen LogP contribution < -0.4 is 5.32 Å². The first kappa shape index (κ1) is 30.4. The fourth-order valence-electron chi connectivity index (χ4n) is 5.57. The van der Waals surface area contributed by atoms with Crippen LogP contribution in [0.2, 0.25) is 10.0 Å². The first-order valence-electron chi connectivity index (χ1n) is 14.6. The van der Waals surface area contributed by atoms with Crippen LogP contribution >= 0.6 is 23.2 Å². The van der Waals surface area contributed by atoms with Crippen LogP contribution in [0.1, 0.15) is 71.4 Å². The summed E-state index contributed by atoms with van der Waals surface area (Å²) in [5.41, 5.74) is 4.65. The van der Waals surface area contributed by atoms with Crippen LogP contribution in [0.4, 0.5) is 15.8 Å². The maximum Gasteiger partial charge on any atom is 0.255 e. The molecule has 0 spiro atoms. The molecule has 1 fully saturated rings. The van der Waals surface area contributed by atoms with E-state index in [4.69, 9.17) is 23.2 Å². The average molecular weight is 644 g/mol. The number of fused-ring (bicyclic) bond motifs is 1. The highest BCUT2D eigenvalue weighted by Gasteiger charge is 2.25. The van der Waals surface area contributed by atoms with Gasteiger partial charge in [-0.2, -0.15) is 5.26 Å². The molecule has 6 rings (SSSR count). The van der Waals surface area contributed by atoms with Crippen molar-refractivity contribution in [3.63, 3.8) is 0 Å². The minimum absolute atomic E-state index is 0.0353. The van der Waals surface area contributed by atoms with Gasteiger partial charge in [-0.25, -0.2) is 9.07 Å². The van der Waals surface area contributed by atoms with E-state index in [-0.39, 0.29) is 28.5 Å². The molecule has 1 N–H and O–H groups in total. The van der Waals surface area contributed by atoms with E-state index >= 15 is 0 Å². The Bertz CT molecular complexity index is 1950. The third-order valence-electron chi connectivity index (χ3n) is 7.95. The van der Waals surface area contributed by atoms with Crippen LogP contribution in [0.5, 0.6) is 0 Å². The first-order valence-corrected chi connectivity index (χ1v) is 15.4. The number of hydrogen-bond donors (Lipinski definition) is 1. The Morgan fingerprint density at radius 2 is 1.89 bits per heavy atom. The fraction of sp³-hybridized carbons (Fsp3) is 0.273. The smallest absolute Gasteiger partial charge is 0.255 e. The number of anilines is 2. The van der Waals surface area contributed by atoms with Crippen LogP contribution in [-0.4, -0.2) is 48.9 Å². The number of aromatic nitrogens is 5. The van der Waals surface area contributed by atoms with Crippen LogP contribution in [-0.2, 0) is 6.42 Å². The molecule has 1 saturated heterocycles. The lowest BCUT2D eigenvalue weighted by atomic mass is 9.89. The maximum atomic E-state index is 13.9. The number of rotatable bonds is 8. The minimum Gasteiger partial charge on any atom is -0.354 e. The summed E-state index contributed by atoms with van der Waals surface area (Å²) in [6, 6.07) is 12.2. The second-order valence-electron chi connectivity index (χ2n) is 11.4. The number of halogens is 3. The van der Waals surface area contributed by atoms with Crippen LogP contribution in [0.15, 0.2) is 61.2 Å². The maximum absolute atomic E-state index is 13.9. The molecule has 0 unspecified atom stereocenters. The summed E-state index contributed by atoms with van der Waals surface area (Å²) in [5, 5.41) is 23.0. The largest absolute Gasteiger partial charge is 0.354 e. The topological polar surface area (TPSA) is 113 Å². The summed E-state index contributed by atoms with van der Waals surface area (Å²) < 4.78 is 15.7. The second-order valence-corrected chi connectivity index (χ2v) is 12.2. The molecule has 2 aromatic carbocycles. The van der Waals surface area contributed by atoms with Crippen molar-refractivity contribution in [3.8, 4) is 6.07 Å². The van der Waals surface area contributed by atoms with E-state index in [1.807, 2.05) is 43.1 Å². The van der Waals surface area contributed by atoms with Gasteiger partial charge in [-0.3, -0.25) is 14.8 Å². The number of nitrogens with zero attached hydrogens (tertiary/aromatic N) is 7. The summed E-state index contributed by atoms with van der Waals surface area (Å²) in [6.45, 7) is 5.53. The highest BCUT2D eigenvalue weighted by atomic mass is 35.5. The standard InChI is InChI=1S/C33H29Cl2FN8O/c1-19(2)44-18-30(41-42-44)25(21-12-22(16-38-15-21)33(45)43-7-3-4-8-43)9-20-10-26-31(40-24-5-6-29(36)27(34)13-24)23(14-37)17-39-32(26)28(35)11-20/h5-6,10-13,15-19,25H,3-4,7-9H2,1-2H3,(H,39,40)/t25-/m0/s1. The molecule has 9 nitrogen and oxygen atoms in total. The van der Waals surface area contributed by atoms with Gasteiger partial charge in [0.1, 0.15) is 11.9 Å². The number of carbonyl (C=O) groups excluding carboxylic acids is 1. The number of likely N-dealkylation sites (tertiary alicyclic amines) is 1. The molecule has 1 aliphatic heterocycles. The van der Waals surface area contributed by atoms with Gasteiger partial charge >= 0.3 is 0 Å². The predicted octanol–water partition coefficient (Wildman–Crippen LogP) is 7.47. The van der Waals surface area contributed by atoms with Gasteiger partial charge in [-0.05, 0) is 80.6 Å². The van der Waals surface area contributed by atoms with Crippen molar-refractivity contribution in [2.45, 2.75) is 45.1 Å². The monoisotopic (exact) mass is 642 g/mol. The Hall–Kier alpha value is -4.59. The van der Waals surface area contributed by atoms with Crippen molar-refractivity contribution in [2.24, 2.45) is 0 Å². The molecule has 228 valence electrons. The number of amides is 1. The summed E-state index contributed by atoms with van der Waals surface area (Å²) >= 11 is 12.8. The van der Waals surface area contributed by atoms with E-state index in [2.05, 4.69) is 31.7 Å². The zero-order valence-electron chi connectivity index (χ0n) is 24.6. The number of carbonyl (C=O) groups is 1. The van der Waals surface area contributed by atoms with Crippen molar-refractivity contribution in [3.05, 3.63) is 105 Å². The van der Waals surface area contributed by atoms with Gasteiger partial charge in [0.05, 0.1) is 38.1 Å². The Morgan fingerprint density at radius 1 is 1.09 bits per heavy atom. The Balaban J connectivity index is 1.43. The molecular weight excluding hydrogens is 614 g/mol. The Morgan fingerprint density at radius 3 is 2.60 bits per heavy atom. The van der Waals surface area contributed by atoms with Crippen LogP contribution in [0.3, 0.4) is 0 Å². The summed E-state index contributed by atoms with van der Waals surface area (Å²) in [5.74, 6) is -0.898. The number of nitriles is 1. The zero-order chi connectivity index (χ0) is 31.7. The third-order valence-corrected chi connectivity index (χ3v) is 8.53. The van der Waals surface area contributed by atoms with Crippen molar-refractivity contribution in [2.75, 3.05) is 18.4 Å². The van der Waals surface area contributed by atoms with Gasteiger partial charge in [0.15, 0.2) is 0 Å². The van der Waals surface area contributed by atoms with E-state index in [9.17, 15) is 14.4 Å². The highest BCUT2D eigenvalue weighted by molar-refractivity contribution is 6.35. The van der Waals surface area contributed by atoms with Gasteiger partial charge in [0, 0.05) is 60.9 Å². The van der Waals surface area contributed by atoms with Gasteiger partial charge in [-0.15, -0.1) is 5.10 Å². The molecule has 3 aromatic heterocycles. The summed E-state index contributed by atoms with van der Waals surface area (Å²) in [7, 11) is 0. The molecule has 0 aliphatic carbocycles. The molecule has 1 amide bonds. The Kier molecular flexibility index (Phi) is 8.65. The lowest BCUT2D eigenvalue weighted by Gasteiger charge is -2.19. The van der Waals surface area contributed by atoms with Crippen LogP contribution in [0, 0.1) is 17.1 Å². The van der Waals surface area contributed by atoms with Crippen LogP contribution in [0.25, 0.3) is 10.9 Å². The number of benzene rings is 2. The number of pyridine rings is 2. The quantitative estimate of drug-likeness (QED) is 0.187. The molecule has 5 aromatic rings. The second kappa shape index (κ2) is 12.8. The molecule has 0 radical (unpaired) electrons. The van der Waals surface area contributed by atoms with E-state index in [1.165, 1.54) is 24.4 Å². The molecule has 45 heavy (non-hydrogen) atoms. The van der Waals surface area contributed by atoms with Gasteiger partial charge in [-0.1, -0.05) is 28.4 Å². The fourth-order valence-corrected chi connectivity index (χ4v) is 6.04. The molecule has 0 saturated carbocycles. The average Bonchev–Trinajstić information content (AvgIpc) is 3.75. The SMILES string of the molecule is CC(C)n1cc([C@@H](Cc2cc(Cl)c3ncc(C#N)c(Nc4ccc(F)c(Cl)c4)c3c2)c2cncc(C(=O)N3CCCC3)c2)nn1. The predicted molar refractivity (Wildman–Crippen MR) is 171 cm³/mol. The number of hydrogen-bond acceptors (Lipinski definition) is 7. The lowest BCUT2D eigenvalue weighted by molar-refractivity contribution is 0.0792. The highest BCUT2D eigenvalue weighted by Crippen LogP contribution is 2.36. The molecular formula is C33H29Cl2FN8O. The molecule has 0 bridgehead atoms. The molecule has 1 aliphatic rings. The van der Waals surface area contributed by atoms with Crippen molar-refractivity contribution >= 4 is 51.4 Å². The zero-order valence-corrected chi connectivity index (χ0v) is 26.1. The van der Waals surface area contributed by atoms with Gasteiger partial charge in [0.25, 0.3) is 5.91 Å². The number of nitrogens with one attached hydrogen (secondary N) is 1. The summed E-state index contributed by atoms with van der Waals surface area (Å²) in [4.78, 5) is 24.0. The van der Waals surface area contributed by atoms with E-state index in [1.54, 1.807) is 17.1 Å². The van der Waals surface area contributed by atoms with Gasteiger partial charge < -0.3 is 10.2 Å².